The van der Waals surface area contributed by atoms with E-state index in [2.05, 4.69) is 6.92 Å². The van der Waals surface area contributed by atoms with E-state index in [-0.39, 0.29) is 5.78 Å². The highest BCUT2D eigenvalue weighted by Gasteiger charge is 2.08. The van der Waals surface area contributed by atoms with Crippen LogP contribution in [-0.2, 0) is 6.54 Å². The molecular formula is C12H17NO. The number of hydrogen-bond donors (Lipinski definition) is 1. The monoisotopic (exact) mass is 191 g/mol. The first kappa shape index (κ1) is 10.9. The van der Waals surface area contributed by atoms with Gasteiger partial charge in [0.15, 0.2) is 5.78 Å². The summed E-state index contributed by atoms with van der Waals surface area (Å²) in [4.78, 5) is 11.7. The molecule has 1 aromatic rings. The molecule has 2 heteroatoms. The average Bonchev–Trinajstić information content (AvgIpc) is 2.25. The van der Waals surface area contributed by atoms with Gasteiger partial charge in [0.25, 0.3) is 0 Å². The fraction of sp³-hybridized carbons (Fsp3) is 0.417. The zero-order chi connectivity index (χ0) is 10.4. The Kier molecular flexibility index (Phi) is 4.33. The minimum Gasteiger partial charge on any atom is -0.326 e. The quantitative estimate of drug-likeness (QED) is 0.727. The van der Waals surface area contributed by atoms with Crippen LogP contribution in [0.3, 0.4) is 0 Å². The minimum absolute atomic E-state index is 0.216. The molecular weight excluding hydrogens is 174 g/mol. The molecule has 0 amide bonds. The maximum Gasteiger partial charge on any atom is 0.163 e. The molecule has 0 spiro atoms. The number of Topliss-reactive ketones (excluding diaryl/α,β-unsaturated/α-hetero) is 1. The molecule has 0 radical (unpaired) electrons. The van der Waals surface area contributed by atoms with Gasteiger partial charge in [-0.05, 0) is 12.0 Å². The molecule has 2 nitrogen and oxygen atoms in total. The molecule has 1 aromatic carbocycles. The summed E-state index contributed by atoms with van der Waals surface area (Å²) in [6.45, 7) is 2.52. The van der Waals surface area contributed by atoms with Crippen LogP contribution in [0.4, 0.5) is 0 Å². The van der Waals surface area contributed by atoms with E-state index in [1.54, 1.807) is 0 Å². The number of rotatable bonds is 5. The van der Waals surface area contributed by atoms with Crippen LogP contribution in [0, 0.1) is 0 Å². The summed E-state index contributed by atoms with van der Waals surface area (Å²) in [7, 11) is 0. The normalized spacial score (nSPS) is 10.1. The van der Waals surface area contributed by atoms with E-state index in [1.807, 2.05) is 24.3 Å². The number of benzene rings is 1. The van der Waals surface area contributed by atoms with Crippen LogP contribution in [0.2, 0.25) is 0 Å². The molecule has 0 saturated carbocycles. The Hall–Kier alpha value is -1.15. The van der Waals surface area contributed by atoms with Crippen molar-refractivity contribution in [1.29, 1.82) is 0 Å². The molecule has 0 aliphatic heterocycles. The molecule has 0 atom stereocenters. The third-order valence-corrected chi connectivity index (χ3v) is 2.30. The average molecular weight is 191 g/mol. The standard InChI is InChI=1S/C12H17NO/c1-2-3-8-12(14)11-7-5-4-6-10(11)9-13/h4-7H,2-3,8-9,13H2,1H3. The topological polar surface area (TPSA) is 43.1 Å². The van der Waals surface area contributed by atoms with E-state index in [1.165, 1.54) is 0 Å². The van der Waals surface area contributed by atoms with Gasteiger partial charge in [0.1, 0.15) is 0 Å². The Morgan fingerprint density at radius 1 is 1.36 bits per heavy atom. The molecule has 0 aliphatic rings. The predicted molar refractivity (Wildman–Crippen MR) is 58.2 cm³/mol. The minimum atomic E-state index is 0.216. The van der Waals surface area contributed by atoms with Gasteiger partial charge in [0.05, 0.1) is 0 Å². The second kappa shape index (κ2) is 5.55. The number of hydrogen-bond acceptors (Lipinski definition) is 2. The van der Waals surface area contributed by atoms with Crippen molar-refractivity contribution in [3.63, 3.8) is 0 Å². The van der Waals surface area contributed by atoms with Gasteiger partial charge >= 0.3 is 0 Å². The molecule has 0 aliphatic carbocycles. The molecule has 0 saturated heterocycles. The van der Waals surface area contributed by atoms with Crippen LogP contribution in [-0.4, -0.2) is 5.78 Å². The first-order valence-corrected chi connectivity index (χ1v) is 5.10. The van der Waals surface area contributed by atoms with E-state index in [4.69, 9.17) is 5.73 Å². The molecule has 1 rings (SSSR count). The van der Waals surface area contributed by atoms with Gasteiger partial charge in [-0.2, -0.15) is 0 Å². The van der Waals surface area contributed by atoms with E-state index < -0.39 is 0 Å². The highest BCUT2D eigenvalue weighted by Crippen LogP contribution is 2.12. The van der Waals surface area contributed by atoms with Gasteiger partial charge in [-0.3, -0.25) is 4.79 Å². The zero-order valence-corrected chi connectivity index (χ0v) is 8.62. The number of unbranched alkanes of at least 4 members (excludes halogenated alkanes) is 1. The van der Waals surface area contributed by atoms with Crippen molar-refractivity contribution >= 4 is 5.78 Å². The Balaban J connectivity index is 2.78. The second-order valence-electron chi connectivity index (χ2n) is 3.39. The van der Waals surface area contributed by atoms with Crippen LogP contribution in [0.1, 0.15) is 42.1 Å². The summed E-state index contributed by atoms with van der Waals surface area (Å²) < 4.78 is 0. The van der Waals surface area contributed by atoms with Crippen molar-refractivity contribution in [2.75, 3.05) is 0 Å². The molecule has 0 aromatic heterocycles. The summed E-state index contributed by atoms with van der Waals surface area (Å²) in [6.07, 6.45) is 2.64. The Morgan fingerprint density at radius 2 is 2.07 bits per heavy atom. The third kappa shape index (κ3) is 2.67. The Bertz CT molecular complexity index is 307. The van der Waals surface area contributed by atoms with Crippen molar-refractivity contribution in [3.05, 3.63) is 35.4 Å². The summed E-state index contributed by atoms with van der Waals surface area (Å²) in [5, 5.41) is 0. The summed E-state index contributed by atoms with van der Waals surface area (Å²) in [5.41, 5.74) is 7.31. The lowest BCUT2D eigenvalue weighted by atomic mass is 10.0. The van der Waals surface area contributed by atoms with Gasteiger partial charge < -0.3 is 5.73 Å². The lowest BCUT2D eigenvalue weighted by molar-refractivity contribution is 0.0979. The number of carbonyl (C=O) groups is 1. The van der Waals surface area contributed by atoms with E-state index in [9.17, 15) is 4.79 Å². The van der Waals surface area contributed by atoms with Crippen molar-refractivity contribution < 1.29 is 4.79 Å². The van der Waals surface area contributed by atoms with Crippen molar-refractivity contribution in [2.45, 2.75) is 32.7 Å². The molecule has 76 valence electrons. The van der Waals surface area contributed by atoms with Gasteiger partial charge in [-0.1, -0.05) is 37.6 Å². The van der Waals surface area contributed by atoms with Crippen molar-refractivity contribution in [1.82, 2.24) is 0 Å². The SMILES string of the molecule is CCCCC(=O)c1ccccc1CN. The first-order chi connectivity index (χ1) is 6.79. The van der Waals surface area contributed by atoms with E-state index in [0.717, 1.165) is 24.0 Å². The fourth-order valence-electron chi connectivity index (χ4n) is 1.44. The van der Waals surface area contributed by atoms with Gasteiger partial charge in [-0.15, -0.1) is 0 Å². The van der Waals surface area contributed by atoms with E-state index >= 15 is 0 Å². The lowest BCUT2D eigenvalue weighted by Crippen LogP contribution is -2.07. The smallest absolute Gasteiger partial charge is 0.163 e. The number of ketones is 1. The lowest BCUT2D eigenvalue weighted by Gasteiger charge is -2.05. The predicted octanol–water partition coefficient (Wildman–Crippen LogP) is 2.52. The second-order valence-corrected chi connectivity index (χ2v) is 3.39. The molecule has 2 N–H and O–H groups in total. The maximum absolute atomic E-state index is 11.7. The molecule has 0 heterocycles. The van der Waals surface area contributed by atoms with Gasteiger partial charge in [0, 0.05) is 18.5 Å². The highest BCUT2D eigenvalue weighted by molar-refractivity contribution is 5.97. The molecule has 0 bridgehead atoms. The van der Waals surface area contributed by atoms with E-state index in [0.29, 0.717) is 13.0 Å². The third-order valence-electron chi connectivity index (χ3n) is 2.30. The van der Waals surface area contributed by atoms with Gasteiger partial charge in [0.2, 0.25) is 0 Å². The summed E-state index contributed by atoms with van der Waals surface area (Å²) in [6, 6.07) is 7.58. The summed E-state index contributed by atoms with van der Waals surface area (Å²) >= 11 is 0. The maximum atomic E-state index is 11.7. The van der Waals surface area contributed by atoms with Crippen LogP contribution in [0.15, 0.2) is 24.3 Å². The molecule has 0 unspecified atom stereocenters. The number of carbonyl (C=O) groups excluding carboxylic acids is 1. The van der Waals surface area contributed by atoms with Crippen molar-refractivity contribution in [3.8, 4) is 0 Å². The zero-order valence-electron chi connectivity index (χ0n) is 8.62. The largest absolute Gasteiger partial charge is 0.326 e. The van der Waals surface area contributed by atoms with Crippen LogP contribution >= 0.6 is 0 Å². The highest BCUT2D eigenvalue weighted by atomic mass is 16.1. The van der Waals surface area contributed by atoms with Crippen LogP contribution in [0.25, 0.3) is 0 Å². The van der Waals surface area contributed by atoms with Crippen LogP contribution < -0.4 is 5.73 Å². The Labute approximate surface area is 85.1 Å². The summed E-state index contributed by atoms with van der Waals surface area (Å²) in [5.74, 6) is 0.216. The first-order valence-electron chi connectivity index (χ1n) is 5.10. The number of nitrogens with two attached hydrogens (primary N) is 1. The fourth-order valence-corrected chi connectivity index (χ4v) is 1.44. The molecule has 14 heavy (non-hydrogen) atoms. The van der Waals surface area contributed by atoms with Crippen molar-refractivity contribution in [2.24, 2.45) is 5.73 Å². The van der Waals surface area contributed by atoms with Crippen LogP contribution in [0.5, 0.6) is 0 Å². The Morgan fingerprint density at radius 3 is 2.71 bits per heavy atom. The molecule has 0 fully saturated rings. The van der Waals surface area contributed by atoms with Gasteiger partial charge in [-0.25, -0.2) is 0 Å².